The number of nitrogen functional groups attached to an aromatic ring is 1. The zero-order valence-corrected chi connectivity index (χ0v) is 11.2. The molecule has 4 nitrogen and oxygen atoms in total. The number of halogens is 1. The van der Waals surface area contributed by atoms with Crippen molar-refractivity contribution in [3.8, 4) is 0 Å². The van der Waals surface area contributed by atoms with E-state index in [2.05, 4.69) is 21.2 Å². The van der Waals surface area contributed by atoms with Crippen LogP contribution in [-0.4, -0.2) is 18.1 Å². The zero-order chi connectivity index (χ0) is 12.4. The van der Waals surface area contributed by atoms with E-state index in [1.54, 1.807) is 18.2 Å². The van der Waals surface area contributed by atoms with E-state index in [4.69, 9.17) is 10.5 Å². The summed E-state index contributed by atoms with van der Waals surface area (Å²) in [5, 5.41) is 2.82. The predicted molar refractivity (Wildman–Crippen MR) is 70.8 cm³/mol. The number of rotatable bonds is 2. The van der Waals surface area contributed by atoms with Gasteiger partial charge in [0.05, 0.1) is 6.10 Å². The van der Waals surface area contributed by atoms with Gasteiger partial charge in [-0.05, 0) is 53.9 Å². The van der Waals surface area contributed by atoms with Gasteiger partial charge in [-0.2, -0.15) is 0 Å². The largest absolute Gasteiger partial charge is 0.398 e. The van der Waals surface area contributed by atoms with Crippen LogP contribution < -0.4 is 11.1 Å². The molecule has 5 heteroatoms. The van der Waals surface area contributed by atoms with E-state index >= 15 is 0 Å². The van der Waals surface area contributed by atoms with Crippen LogP contribution in [0.25, 0.3) is 0 Å². The summed E-state index contributed by atoms with van der Waals surface area (Å²) in [6.07, 6.45) is 1.55. The Hall–Kier alpha value is -1.07. The topological polar surface area (TPSA) is 64.4 Å². The van der Waals surface area contributed by atoms with Gasteiger partial charge in [-0.25, -0.2) is 0 Å². The maximum Gasteiger partial charge on any atom is 0.253 e. The lowest BCUT2D eigenvalue weighted by molar-refractivity contribution is -0.126. The molecule has 2 atom stereocenters. The van der Waals surface area contributed by atoms with Crippen LogP contribution in [0.5, 0.6) is 0 Å². The maximum absolute atomic E-state index is 11.9. The standard InChI is InChI=1S/C12H15BrN2O2/c1-7-2-5-11(17-7)12(16)15-8-3-4-10(14)9(13)6-8/h3-4,6-7,11H,2,5,14H2,1H3,(H,15,16). The van der Waals surface area contributed by atoms with E-state index < -0.39 is 0 Å². The monoisotopic (exact) mass is 298 g/mol. The summed E-state index contributed by atoms with van der Waals surface area (Å²) in [4.78, 5) is 11.9. The molecule has 1 fully saturated rings. The minimum absolute atomic E-state index is 0.0916. The molecule has 0 spiro atoms. The van der Waals surface area contributed by atoms with Crippen molar-refractivity contribution in [3.05, 3.63) is 22.7 Å². The van der Waals surface area contributed by atoms with Crippen LogP contribution in [0.1, 0.15) is 19.8 Å². The molecule has 0 bridgehead atoms. The highest BCUT2D eigenvalue weighted by Gasteiger charge is 2.28. The van der Waals surface area contributed by atoms with Gasteiger partial charge in [0.15, 0.2) is 0 Å². The second kappa shape index (κ2) is 5.06. The number of ether oxygens (including phenoxy) is 1. The van der Waals surface area contributed by atoms with Crippen LogP contribution in [0.15, 0.2) is 22.7 Å². The van der Waals surface area contributed by atoms with E-state index in [0.29, 0.717) is 5.69 Å². The van der Waals surface area contributed by atoms with Crippen LogP contribution in [0.2, 0.25) is 0 Å². The fourth-order valence-electron chi connectivity index (χ4n) is 1.82. The van der Waals surface area contributed by atoms with Gasteiger partial charge in [0.1, 0.15) is 6.10 Å². The minimum Gasteiger partial charge on any atom is -0.398 e. The van der Waals surface area contributed by atoms with Gasteiger partial charge in [0.2, 0.25) is 0 Å². The summed E-state index contributed by atoms with van der Waals surface area (Å²) < 4.78 is 6.27. The average Bonchev–Trinajstić information content (AvgIpc) is 2.70. The van der Waals surface area contributed by atoms with Gasteiger partial charge >= 0.3 is 0 Å². The summed E-state index contributed by atoms with van der Waals surface area (Å²) in [5.41, 5.74) is 7.04. The maximum atomic E-state index is 11.9. The Labute approximate surface area is 109 Å². The molecule has 0 aliphatic carbocycles. The van der Waals surface area contributed by atoms with E-state index in [9.17, 15) is 4.79 Å². The minimum atomic E-state index is -0.332. The molecule has 0 aromatic heterocycles. The first-order chi connectivity index (χ1) is 8.06. The predicted octanol–water partition coefficient (Wildman–Crippen LogP) is 2.54. The third kappa shape index (κ3) is 2.98. The van der Waals surface area contributed by atoms with Gasteiger partial charge in [-0.1, -0.05) is 0 Å². The molecule has 17 heavy (non-hydrogen) atoms. The Kier molecular flexibility index (Phi) is 3.69. The molecular formula is C12H15BrN2O2. The molecule has 2 rings (SSSR count). The molecule has 1 aliphatic rings. The summed E-state index contributed by atoms with van der Waals surface area (Å²) in [7, 11) is 0. The zero-order valence-electron chi connectivity index (χ0n) is 9.57. The molecule has 1 amide bonds. The molecular weight excluding hydrogens is 284 g/mol. The molecule has 2 unspecified atom stereocenters. The number of amides is 1. The van der Waals surface area contributed by atoms with Crippen LogP contribution in [-0.2, 0) is 9.53 Å². The molecule has 92 valence electrons. The molecule has 1 aliphatic heterocycles. The molecule has 1 heterocycles. The first kappa shape index (κ1) is 12.4. The van der Waals surface area contributed by atoms with Crippen molar-refractivity contribution in [1.29, 1.82) is 0 Å². The number of hydrogen-bond donors (Lipinski definition) is 2. The Morgan fingerprint density at radius 1 is 1.53 bits per heavy atom. The Morgan fingerprint density at radius 2 is 2.29 bits per heavy atom. The average molecular weight is 299 g/mol. The first-order valence-electron chi connectivity index (χ1n) is 5.57. The van der Waals surface area contributed by atoms with Crippen LogP contribution in [0, 0.1) is 0 Å². The normalized spacial score (nSPS) is 23.6. The van der Waals surface area contributed by atoms with Crippen molar-refractivity contribution in [1.82, 2.24) is 0 Å². The lowest BCUT2D eigenvalue weighted by atomic mass is 10.2. The SMILES string of the molecule is CC1CCC(C(=O)Nc2ccc(N)c(Br)c2)O1. The number of hydrogen-bond acceptors (Lipinski definition) is 3. The number of carbonyl (C=O) groups is 1. The Morgan fingerprint density at radius 3 is 2.88 bits per heavy atom. The lowest BCUT2D eigenvalue weighted by Crippen LogP contribution is -2.27. The van der Waals surface area contributed by atoms with Gasteiger partial charge in [0.25, 0.3) is 5.91 Å². The van der Waals surface area contributed by atoms with E-state index in [1.807, 2.05) is 6.92 Å². The van der Waals surface area contributed by atoms with E-state index in [-0.39, 0.29) is 18.1 Å². The molecule has 3 N–H and O–H groups in total. The van der Waals surface area contributed by atoms with Crippen molar-refractivity contribution >= 4 is 33.2 Å². The van der Waals surface area contributed by atoms with Crippen molar-refractivity contribution in [2.45, 2.75) is 32.0 Å². The summed E-state index contributed by atoms with van der Waals surface area (Å²) in [6.45, 7) is 1.98. The summed E-state index contributed by atoms with van der Waals surface area (Å²) in [5.74, 6) is -0.0916. The number of carbonyl (C=O) groups excluding carboxylic acids is 1. The second-order valence-electron chi connectivity index (χ2n) is 4.24. The highest BCUT2D eigenvalue weighted by molar-refractivity contribution is 9.10. The van der Waals surface area contributed by atoms with E-state index in [1.165, 1.54) is 0 Å². The van der Waals surface area contributed by atoms with Crippen LogP contribution in [0.4, 0.5) is 11.4 Å². The number of nitrogens with one attached hydrogen (secondary N) is 1. The highest BCUT2D eigenvalue weighted by Crippen LogP contribution is 2.25. The Balaban J connectivity index is 2.00. The molecule has 0 saturated carbocycles. The third-order valence-electron chi connectivity index (χ3n) is 2.79. The van der Waals surface area contributed by atoms with Crippen LogP contribution >= 0.6 is 15.9 Å². The summed E-state index contributed by atoms with van der Waals surface area (Å²) >= 11 is 3.32. The van der Waals surface area contributed by atoms with Crippen molar-refractivity contribution < 1.29 is 9.53 Å². The fraction of sp³-hybridized carbons (Fsp3) is 0.417. The quantitative estimate of drug-likeness (QED) is 0.825. The third-order valence-corrected chi connectivity index (χ3v) is 3.48. The molecule has 0 radical (unpaired) electrons. The lowest BCUT2D eigenvalue weighted by Gasteiger charge is -2.12. The smallest absolute Gasteiger partial charge is 0.253 e. The highest BCUT2D eigenvalue weighted by atomic mass is 79.9. The fourth-order valence-corrected chi connectivity index (χ4v) is 2.20. The van der Waals surface area contributed by atoms with Crippen molar-refractivity contribution in [3.63, 3.8) is 0 Å². The molecule has 1 aromatic carbocycles. The van der Waals surface area contributed by atoms with Crippen molar-refractivity contribution in [2.24, 2.45) is 0 Å². The van der Waals surface area contributed by atoms with Gasteiger partial charge in [0, 0.05) is 15.8 Å². The van der Waals surface area contributed by atoms with Gasteiger partial charge in [-0.15, -0.1) is 0 Å². The van der Waals surface area contributed by atoms with Crippen LogP contribution in [0.3, 0.4) is 0 Å². The van der Waals surface area contributed by atoms with E-state index in [0.717, 1.165) is 23.0 Å². The van der Waals surface area contributed by atoms with Crippen molar-refractivity contribution in [2.75, 3.05) is 11.1 Å². The summed E-state index contributed by atoms with van der Waals surface area (Å²) in [6, 6.07) is 5.31. The first-order valence-corrected chi connectivity index (χ1v) is 6.37. The van der Waals surface area contributed by atoms with Gasteiger partial charge < -0.3 is 15.8 Å². The Bertz CT molecular complexity index is 437. The number of benzene rings is 1. The van der Waals surface area contributed by atoms with Gasteiger partial charge in [-0.3, -0.25) is 4.79 Å². The number of nitrogens with two attached hydrogens (primary N) is 1. The molecule has 1 aromatic rings. The second-order valence-corrected chi connectivity index (χ2v) is 5.09. The molecule has 1 saturated heterocycles. The number of anilines is 2.